The summed E-state index contributed by atoms with van der Waals surface area (Å²) in [6.07, 6.45) is 1.13. The summed E-state index contributed by atoms with van der Waals surface area (Å²) in [5.74, 6) is -0.261. The lowest BCUT2D eigenvalue weighted by molar-refractivity contribution is -0.137. The van der Waals surface area contributed by atoms with E-state index in [9.17, 15) is 19.5 Å². The first-order chi connectivity index (χ1) is 19.2. The lowest BCUT2D eigenvalue weighted by atomic mass is 9.90. The van der Waals surface area contributed by atoms with Crippen LogP contribution in [-0.2, 0) is 24.2 Å². The Kier molecular flexibility index (Phi) is 7.37. The molecule has 0 aliphatic carbocycles. The monoisotopic (exact) mass is 537 g/mol. The maximum atomic E-state index is 14.2. The summed E-state index contributed by atoms with van der Waals surface area (Å²) in [6.45, 7) is 3.97. The number of hydrogen-bond acceptors (Lipinski definition) is 4. The van der Waals surface area contributed by atoms with Crippen molar-refractivity contribution in [2.75, 3.05) is 0 Å². The first-order valence-electron chi connectivity index (χ1n) is 13.1. The second-order valence-corrected chi connectivity index (χ2v) is 10.2. The van der Waals surface area contributed by atoms with Gasteiger partial charge in [0.15, 0.2) is 0 Å². The van der Waals surface area contributed by atoms with Crippen LogP contribution in [0.3, 0.4) is 0 Å². The predicted molar refractivity (Wildman–Crippen MR) is 151 cm³/mol. The summed E-state index contributed by atoms with van der Waals surface area (Å²) in [6, 6.07) is 19.6. The number of nitrogens with one attached hydrogen (secondary N) is 2. The third kappa shape index (κ3) is 5.44. The molecule has 2 unspecified atom stereocenters. The number of hydrogen-bond donors (Lipinski definition) is 4. The summed E-state index contributed by atoms with van der Waals surface area (Å²) in [5, 5.41) is 12.1. The van der Waals surface area contributed by atoms with Gasteiger partial charge in [-0.1, -0.05) is 54.6 Å². The number of aryl methyl sites for hydroxylation is 2. The SMILES string of the molecule is Cc1cc(C(N)=O)cc(C)c1CC(NC(=O)O)C(=O)N1Cc2ccccc2CC1c1ncc(-c2ccccc2)[nH]1. The van der Waals surface area contributed by atoms with Gasteiger partial charge < -0.3 is 26.0 Å². The molecule has 3 amide bonds. The van der Waals surface area contributed by atoms with E-state index in [0.29, 0.717) is 24.4 Å². The molecule has 1 aliphatic rings. The van der Waals surface area contributed by atoms with Crippen LogP contribution in [0.25, 0.3) is 11.3 Å². The van der Waals surface area contributed by atoms with E-state index in [1.807, 2.05) is 68.4 Å². The average Bonchev–Trinajstić information content (AvgIpc) is 3.43. The van der Waals surface area contributed by atoms with Crippen LogP contribution in [0.15, 0.2) is 72.9 Å². The predicted octanol–water partition coefficient (Wildman–Crippen LogP) is 4.30. The fourth-order valence-electron chi connectivity index (χ4n) is 5.48. The topological polar surface area (TPSA) is 141 Å². The van der Waals surface area contributed by atoms with Gasteiger partial charge in [-0.15, -0.1) is 0 Å². The van der Waals surface area contributed by atoms with E-state index >= 15 is 0 Å². The Morgan fingerprint density at radius 2 is 1.70 bits per heavy atom. The number of amides is 3. The number of H-pyrrole nitrogens is 1. The molecule has 2 atom stereocenters. The molecule has 5 rings (SSSR count). The highest BCUT2D eigenvalue weighted by atomic mass is 16.4. The minimum atomic E-state index is -1.29. The smallest absolute Gasteiger partial charge is 0.405 e. The number of primary amides is 1. The number of aromatic amines is 1. The molecular weight excluding hydrogens is 506 g/mol. The van der Waals surface area contributed by atoms with Gasteiger partial charge in [-0.3, -0.25) is 9.59 Å². The van der Waals surface area contributed by atoms with Gasteiger partial charge in [0.1, 0.15) is 11.9 Å². The lowest BCUT2D eigenvalue weighted by Gasteiger charge is -2.38. The normalized spacial score (nSPS) is 15.2. The highest BCUT2D eigenvalue weighted by Crippen LogP contribution is 2.34. The van der Waals surface area contributed by atoms with E-state index in [-0.39, 0.29) is 12.3 Å². The minimum Gasteiger partial charge on any atom is -0.465 e. The molecule has 0 saturated carbocycles. The molecule has 1 aliphatic heterocycles. The summed E-state index contributed by atoms with van der Waals surface area (Å²) >= 11 is 0. The van der Waals surface area contributed by atoms with Crippen LogP contribution in [0.2, 0.25) is 0 Å². The Morgan fingerprint density at radius 3 is 2.35 bits per heavy atom. The van der Waals surface area contributed by atoms with Gasteiger partial charge in [0.2, 0.25) is 11.8 Å². The van der Waals surface area contributed by atoms with Gasteiger partial charge >= 0.3 is 6.09 Å². The van der Waals surface area contributed by atoms with Gasteiger partial charge in [0, 0.05) is 24.9 Å². The molecule has 2 heterocycles. The van der Waals surface area contributed by atoms with Crippen molar-refractivity contribution in [3.8, 4) is 11.3 Å². The van der Waals surface area contributed by atoms with E-state index in [2.05, 4.69) is 15.3 Å². The Balaban J connectivity index is 1.51. The van der Waals surface area contributed by atoms with Crippen molar-refractivity contribution in [2.24, 2.45) is 5.73 Å². The molecule has 3 aromatic carbocycles. The van der Waals surface area contributed by atoms with E-state index in [4.69, 9.17) is 5.73 Å². The molecular formula is C31H31N5O4. The van der Waals surface area contributed by atoms with Gasteiger partial charge in [0.25, 0.3) is 0 Å². The molecule has 9 heteroatoms. The van der Waals surface area contributed by atoms with Crippen LogP contribution in [0.5, 0.6) is 0 Å². The zero-order valence-electron chi connectivity index (χ0n) is 22.3. The zero-order chi connectivity index (χ0) is 28.4. The highest BCUT2D eigenvalue weighted by molar-refractivity contribution is 5.93. The van der Waals surface area contributed by atoms with E-state index in [1.54, 1.807) is 23.2 Å². The number of aromatic nitrogens is 2. The van der Waals surface area contributed by atoms with Crippen molar-refractivity contribution in [2.45, 2.75) is 45.3 Å². The maximum absolute atomic E-state index is 14.2. The fraction of sp³-hybridized carbons (Fsp3) is 0.226. The molecule has 204 valence electrons. The molecule has 0 radical (unpaired) electrons. The lowest BCUT2D eigenvalue weighted by Crippen LogP contribution is -2.51. The number of rotatable bonds is 7. The van der Waals surface area contributed by atoms with Crippen molar-refractivity contribution in [3.63, 3.8) is 0 Å². The van der Waals surface area contributed by atoms with Crippen molar-refractivity contribution in [3.05, 3.63) is 112 Å². The zero-order valence-corrected chi connectivity index (χ0v) is 22.3. The second kappa shape index (κ2) is 11.1. The van der Waals surface area contributed by atoms with Crippen molar-refractivity contribution in [1.29, 1.82) is 0 Å². The summed E-state index contributed by atoms with van der Waals surface area (Å²) in [5.41, 5.74) is 12.1. The van der Waals surface area contributed by atoms with Crippen LogP contribution in [-0.4, -0.2) is 43.9 Å². The van der Waals surface area contributed by atoms with Crippen molar-refractivity contribution >= 4 is 17.9 Å². The minimum absolute atomic E-state index is 0.125. The third-order valence-corrected chi connectivity index (χ3v) is 7.51. The summed E-state index contributed by atoms with van der Waals surface area (Å²) < 4.78 is 0. The number of carbonyl (C=O) groups is 3. The summed E-state index contributed by atoms with van der Waals surface area (Å²) in [7, 11) is 0. The largest absolute Gasteiger partial charge is 0.465 e. The first-order valence-corrected chi connectivity index (χ1v) is 13.1. The van der Waals surface area contributed by atoms with Gasteiger partial charge in [-0.05, 0) is 59.4 Å². The molecule has 9 nitrogen and oxygen atoms in total. The molecule has 5 N–H and O–H groups in total. The second-order valence-electron chi connectivity index (χ2n) is 10.2. The molecule has 4 aromatic rings. The molecule has 0 fully saturated rings. The highest BCUT2D eigenvalue weighted by Gasteiger charge is 2.37. The van der Waals surface area contributed by atoms with Crippen LogP contribution in [0, 0.1) is 13.8 Å². The molecule has 0 bridgehead atoms. The van der Waals surface area contributed by atoms with Gasteiger partial charge in [-0.2, -0.15) is 0 Å². The fourth-order valence-corrected chi connectivity index (χ4v) is 5.48. The van der Waals surface area contributed by atoms with E-state index in [0.717, 1.165) is 39.1 Å². The molecule has 0 spiro atoms. The molecule has 40 heavy (non-hydrogen) atoms. The number of fused-ring (bicyclic) bond motifs is 1. The standard InChI is InChI=1S/C31H31N5O4/c1-18-12-23(28(32)37)13-19(2)24(18)15-25(35-31(39)40)30(38)36-17-22-11-7-6-10-21(22)14-27(36)29-33-16-26(34-29)20-8-4-3-5-9-20/h3-13,16,25,27,35H,14-15,17H2,1-2H3,(H2,32,37)(H,33,34)(H,39,40). The Labute approximate surface area is 232 Å². The quantitative estimate of drug-likeness (QED) is 0.278. The van der Waals surface area contributed by atoms with Crippen molar-refractivity contribution < 1.29 is 19.5 Å². The molecule has 1 aromatic heterocycles. The van der Waals surface area contributed by atoms with Crippen LogP contribution in [0.4, 0.5) is 4.79 Å². The number of carboxylic acid groups (broad SMARTS) is 1. The number of carbonyl (C=O) groups excluding carboxylic acids is 2. The number of nitrogens with two attached hydrogens (primary N) is 1. The van der Waals surface area contributed by atoms with E-state index in [1.165, 1.54) is 0 Å². The number of benzene rings is 3. The third-order valence-electron chi connectivity index (χ3n) is 7.51. The first kappa shape index (κ1) is 26.7. The van der Waals surface area contributed by atoms with Gasteiger partial charge in [0.05, 0.1) is 17.9 Å². The summed E-state index contributed by atoms with van der Waals surface area (Å²) in [4.78, 5) is 47.5. The number of imidazole rings is 1. The Hall–Kier alpha value is -4.92. The number of nitrogens with zero attached hydrogens (tertiary/aromatic N) is 2. The van der Waals surface area contributed by atoms with Crippen molar-refractivity contribution in [1.82, 2.24) is 20.2 Å². The maximum Gasteiger partial charge on any atom is 0.405 e. The molecule has 0 saturated heterocycles. The van der Waals surface area contributed by atoms with E-state index < -0.39 is 24.1 Å². The Bertz CT molecular complexity index is 1560. The van der Waals surface area contributed by atoms with Crippen LogP contribution < -0.4 is 11.1 Å². The average molecular weight is 538 g/mol. The van der Waals surface area contributed by atoms with Gasteiger partial charge in [-0.25, -0.2) is 9.78 Å². The Morgan fingerprint density at radius 1 is 1.05 bits per heavy atom. The van der Waals surface area contributed by atoms with Crippen LogP contribution >= 0.6 is 0 Å². The van der Waals surface area contributed by atoms with Crippen LogP contribution in [0.1, 0.15) is 50.0 Å².